The summed E-state index contributed by atoms with van der Waals surface area (Å²) in [6.07, 6.45) is 7.56. The van der Waals surface area contributed by atoms with Crippen molar-refractivity contribution in [3.05, 3.63) is 90.0 Å². The summed E-state index contributed by atoms with van der Waals surface area (Å²) in [6, 6.07) is 14.4. The summed E-state index contributed by atoms with van der Waals surface area (Å²) in [4.78, 5) is 31.5. The van der Waals surface area contributed by atoms with Crippen molar-refractivity contribution in [3.63, 3.8) is 0 Å². The molecule has 0 unspecified atom stereocenters. The molecule has 3 aromatic rings. The van der Waals surface area contributed by atoms with Gasteiger partial charge in [-0.25, -0.2) is 0 Å². The maximum atomic E-state index is 13.2. The third-order valence-corrected chi connectivity index (χ3v) is 4.78. The number of aryl methyl sites for hydroxylation is 1. The molecule has 0 radical (unpaired) electrons. The molecule has 0 bridgehead atoms. The topological polar surface area (TPSA) is 67.2 Å². The van der Waals surface area contributed by atoms with Crippen LogP contribution in [0.4, 0.5) is 0 Å². The van der Waals surface area contributed by atoms with E-state index in [9.17, 15) is 9.59 Å². The quantitative estimate of drug-likeness (QED) is 0.643. The lowest BCUT2D eigenvalue weighted by atomic mass is 10.0. The van der Waals surface area contributed by atoms with Crippen LogP contribution in [0.1, 0.15) is 28.4 Å². The van der Waals surface area contributed by atoms with E-state index in [2.05, 4.69) is 21.8 Å². The number of pyridine rings is 1. The number of rotatable bonds is 8. The third kappa shape index (κ3) is 5.54. The van der Waals surface area contributed by atoms with Crippen LogP contribution < -0.4 is 5.32 Å². The molecule has 0 fully saturated rings. The van der Waals surface area contributed by atoms with Gasteiger partial charge in [0.1, 0.15) is 6.04 Å². The Balaban J connectivity index is 1.75. The average molecular weight is 390 g/mol. The van der Waals surface area contributed by atoms with Gasteiger partial charge in [0.15, 0.2) is 0 Å². The van der Waals surface area contributed by atoms with E-state index in [1.165, 1.54) is 6.20 Å². The van der Waals surface area contributed by atoms with E-state index < -0.39 is 6.04 Å². The Bertz CT molecular complexity index is 938. The number of aromatic nitrogens is 2. The lowest BCUT2D eigenvalue weighted by Gasteiger charge is -2.24. The van der Waals surface area contributed by atoms with Crippen molar-refractivity contribution in [1.82, 2.24) is 19.8 Å². The molecular weight excluding hydrogens is 364 g/mol. The van der Waals surface area contributed by atoms with Crippen LogP contribution in [0, 0.1) is 0 Å². The molecule has 3 rings (SSSR count). The second-order valence-electron chi connectivity index (χ2n) is 7.00. The predicted octanol–water partition coefficient (Wildman–Crippen LogP) is 2.90. The van der Waals surface area contributed by atoms with Crippen LogP contribution in [-0.2, 0) is 24.3 Å². The molecule has 6 heteroatoms. The Morgan fingerprint density at radius 3 is 2.55 bits per heavy atom. The summed E-state index contributed by atoms with van der Waals surface area (Å²) in [5.41, 5.74) is 2.48. The number of benzene rings is 1. The van der Waals surface area contributed by atoms with Gasteiger partial charge in [-0.15, -0.1) is 0 Å². The Labute approximate surface area is 171 Å². The van der Waals surface area contributed by atoms with Crippen molar-refractivity contribution >= 4 is 11.8 Å². The van der Waals surface area contributed by atoms with Gasteiger partial charge < -0.3 is 14.8 Å². The van der Waals surface area contributed by atoms with Crippen molar-refractivity contribution in [2.45, 2.75) is 32.5 Å². The Morgan fingerprint density at radius 2 is 1.90 bits per heavy atom. The fourth-order valence-electron chi connectivity index (χ4n) is 3.19. The highest BCUT2D eigenvalue weighted by molar-refractivity contribution is 5.97. The molecule has 29 heavy (non-hydrogen) atoms. The van der Waals surface area contributed by atoms with Gasteiger partial charge in [0.05, 0.1) is 5.56 Å². The standard InChI is InChI=1S/C23H26N4O2/c1-3-27-13-11-19(17-27)16-26(2)23(29)21(14-18-8-5-4-6-9-18)25-22(28)20-10-7-12-24-15-20/h4-13,15,17,21H,3,14,16H2,1-2H3,(H,25,28)/t21-/m0/s1. The molecule has 0 aliphatic carbocycles. The van der Waals surface area contributed by atoms with E-state index in [0.717, 1.165) is 17.7 Å². The van der Waals surface area contributed by atoms with E-state index in [0.29, 0.717) is 18.5 Å². The summed E-state index contributed by atoms with van der Waals surface area (Å²) in [7, 11) is 1.76. The van der Waals surface area contributed by atoms with Gasteiger partial charge in [0.25, 0.3) is 5.91 Å². The zero-order valence-corrected chi connectivity index (χ0v) is 16.8. The minimum Gasteiger partial charge on any atom is -0.354 e. The van der Waals surface area contributed by atoms with Crippen LogP contribution in [0.5, 0.6) is 0 Å². The summed E-state index contributed by atoms with van der Waals surface area (Å²) in [6.45, 7) is 3.44. The highest BCUT2D eigenvalue weighted by Gasteiger charge is 2.25. The predicted molar refractivity (Wildman–Crippen MR) is 112 cm³/mol. The van der Waals surface area contributed by atoms with E-state index in [4.69, 9.17) is 0 Å². The number of hydrogen-bond acceptors (Lipinski definition) is 3. The molecule has 0 saturated heterocycles. The SMILES string of the molecule is CCn1ccc(CN(C)C(=O)[C@H](Cc2ccccc2)NC(=O)c2cccnc2)c1. The third-order valence-electron chi connectivity index (χ3n) is 4.78. The maximum Gasteiger partial charge on any atom is 0.253 e. The molecule has 0 saturated carbocycles. The Hall–Kier alpha value is -3.41. The molecule has 1 atom stereocenters. The smallest absolute Gasteiger partial charge is 0.253 e. The summed E-state index contributed by atoms with van der Waals surface area (Å²) in [5.74, 6) is -0.437. The highest BCUT2D eigenvalue weighted by atomic mass is 16.2. The number of nitrogens with one attached hydrogen (secondary N) is 1. The van der Waals surface area contributed by atoms with Crippen molar-refractivity contribution < 1.29 is 9.59 Å². The molecule has 1 N–H and O–H groups in total. The minimum atomic E-state index is -0.664. The van der Waals surface area contributed by atoms with Gasteiger partial charge >= 0.3 is 0 Å². The number of hydrogen-bond donors (Lipinski definition) is 1. The van der Waals surface area contributed by atoms with Gasteiger partial charge in [0, 0.05) is 51.3 Å². The van der Waals surface area contributed by atoms with Crippen molar-refractivity contribution in [2.24, 2.45) is 0 Å². The largest absolute Gasteiger partial charge is 0.354 e. The molecule has 0 spiro atoms. The van der Waals surface area contributed by atoms with Gasteiger partial charge in [0.2, 0.25) is 5.91 Å². The first-order valence-corrected chi connectivity index (χ1v) is 9.71. The summed E-state index contributed by atoms with van der Waals surface area (Å²) < 4.78 is 2.07. The minimum absolute atomic E-state index is 0.129. The Kier molecular flexibility index (Phi) is 6.79. The van der Waals surface area contributed by atoms with E-state index in [-0.39, 0.29) is 11.8 Å². The zero-order chi connectivity index (χ0) is 20.6. The van der Waals surface area contributed by atoms with Gasteiger partial charge in [-0.1, -0.05) is 30.3 Å². The van der Waals surface area contributed by atoms with Crippen molar-refractivity contribution in [1.29, 1.82) is 0 Å². The van der Waals surface area contributed by atoms with Gasteiger partial charge in [-0.2, -0.15) is 0 Å². The first-order chi connectivity index (χ1) is 14.1. The fourth-order valence-corrected chi connectivity index (χ4v) is 3.19. The van der Waals surface area contributed by atoms with E-state index >= 15 is 0 Å². The molecule has 6 nitrogen and oxygen atoms in total. The molecule has 2 amide bonds. The number of nitrogens with zero attached hydrogens (tertiary/aromatic N) is 3. The lowest BCUT2D eigenvalue weighted by Crippen LogP contribution is -2.48. The number of carbonyl (C=O) groups excluding carboxylic acids is 2. The van der Waals surface area contributed by atoms with Gasteiger partial charge in [-0.3, -0.25) is 14.6 Å². The van der Waals surface area contributed by atoms with Crippen molar-refractivity contribution in [3.8, 4) is 0 Å². The molecule has 2 aromatic heterocycles. The Morgan fingerprint density at radius 1 is 1.10 bits per heavy atom. The first kappa shape index (κ1) is 20.3. The van der Waals surface area contributed by atoms with Crippen LogP contribution in [0.25, 0.3) is 0 Å². The number of amides is 2. The molecule has 150 valence electrons. The van der Waals surface area contributed by atoms with Crippen LogP contribution in [0.2, 0.25) is 0 Å². The molecule has 1 aromatic carbocycles. The number of likely N-dealkylation sites (N-methyl/N-ethyl adjacent to an activating group) is 1. The van der Waals surface area contributed by atoms with Crippen molar-refractivity contribution in [2.75, 3.05) is 7.05 Å². The number of carbonyl (C=O) groups is 2. The normalized spacial score (nSPS) is 11.7. The highest BCUT2D eigenvalue weighted by Crippen LogP contribution is 2.10. The second kappa shape index (κ2) is 9.68. The molecule has 0 aliphatic heterocycles. The molecule has 2 heterocycles. The summed E-state index contributed by atoms with van der Waals surface area (Å²) >= 11 is 0. The van der Waals surface area contributed by atoms with Gasteiger partial charge in [-0.05, 0) is 36.2 Å². The fraction of sp³-hybridized carbons (Fsp3) is 0.261. The first-order valence-electron chi connectivity index (χ1n) is 9.71. The van der Waals surface area contributed by atoms with Crippen LogP contribution >= 0.6 is 0 Å². The van der Waals surface area contributed by atoms with Crippen LogP contribution in [0.15, 0.2) is 73.3 Å². The zero-order valence-electron chi connectivity index (χ0n) is 16.8. The van der Waals surface area contributed by atoms with Crippen LogP contribution in [0.3, 0.4) is 0 Å². The summed E-state index contributed by atoms with van der Waals surface area (Å²) in [5, 5.41) is 2.89. The average Bonchev–Trinajstić information content (AvgIpc) is 3.21. The monoisotopic (exact) mass is 390 g/mol. The molecular formula is C23H26N4O2. The van der Waals surface area contributed by atoms with E-state index in [1.54, 1.807) is 30.3 Å². The lowest BCUT2D eigenvalue weighted by molar-refractivity contribution is -0.132. The molecule has 0 aliphatic rings. The van der Waals surface area contributed by atoms with E-state index in [1.807, 2.05) is 48.8 Å². The van der Waals surface area contributed by atoms with Crippen LogP contribution in [-0.4, -0.2) is 39.4 Å². The maximum absolute atomic E-state index is 13.2. The second-order valence-corrected chi connectivity index (χ2v) is 7.00.